The van der Waals surface area contributed by atoms with E-state index in [-0.39, 0.29) is 0 Å². The van der Waals surface area contributed by atoms with Crippen LogP contribution < -0.4 is 5.32 Å². The molecule has 0 saturated carbocycles. The maximum atomic E-state index is 12.6. The first-order chi connectivity index (χ1) is 10.2. The fourth-order valence-electron chi connectivity index (χ4n) is 2.92. The van der Waals surface area contributed by atoms with Crippen molar-refractivity contribution in [3.8, 4) is 0 Å². The maximum Gasteiger partial charge on any atom is 0.223 e. The summed E-state index contributed by atoms with van der Waals surface area (Å²) >= 11 is 0. The first-order valence-corrected chi connectivity index (χ1v) is 8.24. The van der Waals surface area contributed by atoms with E-state index in [9.17, 15) is 4.79 Å². The number of nitrogens with one attached hydrogen (secondary N) is 1. The lowest BCUT2D eigenvalue weighted by atomic mass is 10.0. The Balaban J connectivity index is 1.92. The molecule has 2 atom stereocenters. The molecule has 1 fully saturated rings. The molecule has 1 aromatic carbocycles. The monoisotopic (exact) mass is 288 g/mol. The van der Waals surface area contributed by atoms with Gasteiger partial charge in [-0.2, -0.15) is 0 Å². The molecule has 2 unspecified atom stereocenters. The van der Waals surface area contributed by atoms with Gasteiger partial charge in [0.05, 0.1) is 0 Å². The number of nitrogens with zero attached hydrogens (tertiary/aromatic N) is 1. The van der Waals surface area contributed by atoms with Crippen molar-refractivity contribution < 1.29 is 4.79 Å². The largest absolute Gasteiger partial charge is 0.336 e. The Morgan fingerprint density at radius 3 is 2.76 bits per heavy atom. The molecular weight excluding hydrogens is 260 g/mol. The predicted octanol–water partition coefficient (Wildman–Crippen LogP) is 3.20. The van der Waals surface area contributed by atoms with Crippen molar-refractivity contribution in [1.82, 2.24) is 10.2 Å². The van der Waals surface area contributed by atoms with Gasteiger partial charge in [0.15, 0.2) is 0 Å². The Morgan fingerprint density at radius 1 is 1.38 bits per heavy atom. The van der Waals surface area contributed by atoms with Crippen molar-refractivity contribution in [3.05, 3.63) is 35.9 Å². The second kappa shape index (κ2) is 8.18. The van der Waals surface area contributed by atoms with E-state index in [1.165, 1.54) is 12.0 Å². The van der Waals surface area contributed by atoms with Gasteiger partial charge in [-0.15, -0.1) is 0 Å². The number of hydrogen-bond acceptors (Lipinski definition) is 2. The minimum Gasteiger partial charge on any atom is -0.336 e. The van der Waals surface area contributed by atoms with Gasteiger partial charge in [-0.3, -0.25) is 4.79 Å². The lowest BCUT2D eigenvalue weighted by Gasteiger charge is -2.29. The number of benzene rings is 1. The molecule has 3 heteroatoms. The molecule has 1 N–H and O–H groups in total. The SMILES string of the molecule is CCC(C)N(Cc1ccccc1)C(=O)CCC1CCNC1. The van der Waals surface area contributed by atoms with Crippen LogP contribution in [0.5, 0.6) is 0 Å². The van der Waals surface area contributed by atoms with Crippen molar-refractivity contribution in [2.75, 3.05) is 13.1 Å². The Hall–Kier alpha value is -1.35. The molecule has 0 aliphatic carbocycles. The van der Waals surface area contributed by atoms with Crippen LogP contribution in [0.25, 0.3) is 0 Å². The van der Waals surface area contributed by atoms with Crippen LogP contribution in [0.4, 0.5) is 0 Å². The van der Waals surface area contributed by atoms with E-state index in [0.29, 0.717) is 24.3 Å². The van der Waals surface area contributed by atoms with Crippen molar-refractivity contribution in [2.45, 2.75) is 52.1 Å². The van der Waals surface area contributed by atoms with E-state index in [4.69, 9.17) is 0 Å². The molecule has 0 radical (unpaired) electrons. The number of amides is 1. The number of rotatable bonds is 7. The predicted molar refractivity (Wildman–Crippen MR) is 87.0 cm³/mol. The van der Waals surface area contributed by atoms with Crippen molar-refractivity contribution in [3.63, 3.8) is 0 Å². The van der Waals surface area contributed by atoms with Crippen LogP contribution in [0.15, 0.2) is 30.3 Å². The van der Waals surface area contributed by atoms with Gasteiger partial charge in [0, 0.05) is 19.0 Å². The normalized spacial score (nSPS) is 19.4. The minimum absolute atomic E-state index is 0.305. The Bertz CT molecular complexity index is 426. The summed E-state index contributed by atoms with van der Waals surface area (Å²) in [6, 6.07) is 10.6. The topological polar surface area (TPSA) is 32.3 Å². The van der Waals surface area contributed by atoms with Gasteiger partial charge in [-0.05, 0) is 50.8 Å². The van der Waals surface area contributed by atoms with E-state index in [1.807, 2.05) is 18.2 Å². The molecule has 1 aliphatic rings. The van der Waals surface area contributed by atoms with Gasteiger partial charge < -0.3 is 10.2 Å². The summed E-state index contributed by atoms with van der Waals surface area (Å²) in [7, 11) is 0. The summed E-state index contributed by atoms with van der Waals surface area (Å²) in [5.41, 5.74) is 1.22. The molecule has 1 aliphatic heterocycles. The standard InChI is InChI=1S/C18H28N2O/c1-3-15(2)20(14-17-7-5-4-6-8-17)18(21)10-9-16-11-12-19-13-16/h4-8,15-16,19H,3,9-14H2,1-2H3. The Kier molecular flexibility index (Phi) is 6.24. The minimum atomic E-state index is 0.305. The lowest BCUT2D eigenvalue weighted by Crippen LogP contribution is -2.37. The molecule has 2 rings (SSSR count). The third-order valence-corrected chi connectivity index (χ3v) is 4.57. The molecule has 1 heterocycles. The molecule has 116 valence electrons. The lowest BCUT2D eigenvalue weighted by molar-refractivity contribution is -0.134. The van der Waals surface area contributed by atoms with Crippen LogP contribution in [-0.2, 0) is 11.3 Å². The average molecular weight is 288 g/mol. The van der Waals surface area contributed by atoms with Crippen LogP contribution in [-0.4, -0.2) is 29.9 Å². The number of hydrogen-bond donors (Lipinski definition) is 1. The van der Waals surface area contributed by atoms with Crippen LogP contribution in [0, 0.1) is 5.92 Å². The molecule has 1 amide bonds. The summed E-state index contributed by atoms with van der Waals surface area (Å²) in [6.45, 7) is 7.22. The molecule has 0 spiro atoms. The Morgan fingerprint density at radius 2 is 2.14 bits per heavy atom. The third-order valence-electron chi connectivity index (χ3n) is 4.57. The highest BCUT2D eigenvalue weighted by molar-refractivity contribution is 5.76. The van der Waals surface area contributed by atoms with Gasteiger partial charge in [0.25, 0.3) is 0 Å². The molecule has 21 heavy (non-hydrogen) atoms. The van der Waals surface area contributed by atoms with E-state index < -0.39 is 0 Å². The number of carbonyl (C=O) groups is 1. The van der Waals surface area contributed by atoms with E-state index in [0.717, 1.165) is 32.5 Å². The highest BCUT2D eigenvalue weighted by Gasteiger charge is 2.21. The number of carbonyl (C=O) groups excluding carboxylic acids is 1. The first kappa shape index (κ1) is 16.0. The molecular formula is C18H28N2O. The summed E-state index contributed by atoms with van der Waals surface area (Å²) in [6.07, 6.45) is 3.93. The van der Waals surface area contributed by atoms with Crippen molar-refractivity contribution >= 4 is 5.91 Å². The van der Waals surface area contributed by atoms with Crippen LogP contribution in [0.2, 0.25) is 0 Å². The first-order valence-electron chi connectivity index (χ1n) is 8.24. The fraction of sp³-hybridized carbons (Fsp3) is 0.611. The molecule has 1 aromatic rings. The quantitative estimate of drug-likeness (QED) is 0.835. The smallest absolute Gasteiger partial charge is 0.223 e. The van der Waals surface area contributed by atoms with Crippen molar-refractivity contribution in [1.29, 1.82) is 0 Å². The highest BCUT2D eigenvalue weighted by Crippen LogP contribution is 2.18. The summed E-state index contributed by atoms with van der Waals surface area (Å²) in [5, 5.41) is 3.37. The second-order valence-electron chi connectivity index (χ2n) is 6.16. The van der Waals surface area contributed by atoms with Crippen LogP contribution >= 0.6 is 0 Å². The second-order valence-corrected chi connectivity index (χ2v) is 6.16. The third kappa shape index (κ3) is 4.85. The average Bonchev–Trinajstić information content (AvgIpc) is 3.04. The highest BCUT2D eigenvalue weighted by atomic mass is 16.2. The van der Waals surface area contributed by atoms with E-state index in [1.54, 1.807) is 0 Å². The zero-order valence-electron chi connectivity index (χ0n) is 13.3. The van der Waals surface area contributed by atoms with Crippen LogP contribution in [0.3, 0.4) is 0 Å². The molecule has 3 nitrogen and oxygen atoms in total. The van der Waals surface area contributed by atoms with E-state index >= 15 is 0 Å². The zero-order valence-corrected chi connectivity index (χ0v) is 13.3. The Labute approximate surface area is 128 Å². The van der Waals surface area contributed by atoms with E-state index in [2.05, 4.69) is 36.2 Å². The zero-order chi connectivity index (χ0) is 15.1. The molecule has 1 saturated heterocycles. The van der Waals surface area contributed by atoms with Crippen LogP contribution in [0.1, 0.15) is 45.1 Å². The van der Waals surface area contributed by atoms with Gasteiger partial charge >= 0.3 is 0 Å². The van der Waals surface area contributed by atoms with Crippen molar-refractivity contribution in [2.24, 2.45) is 5.92 Å². The van der Waals surface area contributed by atoms with Gasteiger partial charge in [0.1, 0.15) is 0 Å². The van der Waals surface area contributed by atoms with Gasteiger partial charge in [-0.25, -0.2) is 0 Å². The maximum absolute atomic E-state index is 12.6. The summed E-state index contributed by atoms with van der Waals surface area (Å²) < 4.78 is 0. The van der Waals surface area contributed by atoms with Gasteiger partial charge in [-0.1, -0.05) is 37.3 Å². The van der Waals surface area contributed by atoms with Gasteiger partial charge in [0.2, 0.25) is 5.91 Å². The summed E-state index contributed by atoms with van der Waals surface area (Å²) in [5.74, 6) is 0.990. The summed E-state index contributed by atoms with van der Waals surface area (Å²) in [4.78, 5) is 14.7. The molecule has 0 bridgehead atoms. The molecule has 0 aromatic heterocycles. The fourth-order valence-corrected chi connectivity index (χ4v) is 2.92.